The first-order chi connectivity index (χ1) is 11.0. The molecule has 1 aliphatic heterocycles. The number of nitrogens with one attached hydrogen (secondary N) is 2. The van der Waals surface area contributed by atoms with Gasteiger partial charge in [-0.1, -0.05) is 17.7 Å². The fourth-order valence-electron chi connectivity index (χ4n) is 2.76. The highest BCUT2D eigenvalue weighted by Crippen LogP contribution is 2.37. The largest absolute Gasteiger partial charge is 0.503 e. The van der Waals surface area contributed by atoms with Gasteiger partial charge in [0.2, 0.25) is 0 Å². The van der Waals surface area contributed by atoms with Gasteiger partial charge in [-0.3, -0.25) is 14.7 Å². The first-order valence-corrected chi connectivity index (χ1v) is 7.89. The summed E-state index contributed by atoms with van der Waals surface area (Å²) in [6, 6.07) is 3.50. The first-order valence-electron chi connectivity index (χ1n) is 7.10. The number of fused-ring (bicyclic) bond motifs is 1. The summed E-state index contributed by atoms with van der Waals surface area (Å²) >= 11 is 11.2. The minimum absolute atomic E-state index is 0.0639. The summed E-state index contributed by atoms with van der Waals surface area (Å²) in [6.45, 7) is 1.80. The normalized spacial score (nSPS) is 14.5. The molecule has 8 heteroatoms. The van der Waals surface area contributed by atoms with E-state index in [9.17, 15) is 9.90 Å². The van der Waals surface area contributed by atoms with Crippen LogP contribution in [0.3, 0.4) is 0 Å². The SMILES string of the molecule is COc1ccc(CN2CCc3[nH]c(=S)[nH]c(=O)c3C2)c(Cl)c1O. The summed E-state index contributed by atoms with van der Waals surface area (Å²) in [7, 11) is 1.48. The minimum atomic E-state index is -0.155. The molecule has 1 aromatic carbocycles. The van der Waals surface area contributed by atoms with Crippen molar-refractivity contribution in [3.63, 3.8) is 0 Å². The van der Waals surface area contributed by atoms with Crippen LogP contribution >= 0.6 is 23.8 Å². The monoisotopic (exact) mass is 353 g/mol. The third kappa shape index (κ3) is 3.12. The van der Waals surface area contributed by atoms with Crippen molar-refractivity contribution in [1.82, 2.24) is 14.9 Å². The van der Waals surface area contributed by atoms with Gasteiger partial charge in [0.05, 0.1) is 17.7 Å². The number of ether oxygens (including phenoxy) is 1. The number of hydrogen-bond acceptors (Lipinski definition) is 5. The van der Waals surface area contributed by atoms with Crippen LogP contribution in [0.4, 0.5) is 0 Å². The molecule has 0 unspecified atom stereocenters. The average molecular weight is 354 g/mol. The molecule has 3 N–H and O–H groups in total. The van der Waals surface area contributed by atoms with E-state index in [2.05, 4.69) is 14.9 Å². The fourth-order valence-corrected chi connectivity index (χ4v) is 3.20. The Bertz CT molecular complexity index is 862. The molecule has 0 fully saturated rings. The summed E-state index contributed by atoms with van der Waals surface area (Å²) < 4.78 is 5.39. The van der Waals surface area contributed by atoms with Crippen molar-refractivity contribution < 1.29 is 9.84 Å². The maximum absolute atomic E-state index is 12.0. The lowest BCUT2D eigenvalue weighted by atomic mass is 10.1. The zero-order valence-electron chi connectivity index (χ0n) is 12.5. The summed E-state index contributed by atoms with van der Waals surface area (Å²) in [6.07, 6.45) is 0.711. The second kappa shape index (κ2) is 6.35. The summed E-state index contributed by atoms with van der Waals surface area (Å²) in [5.41, 5.74) is 2.21. The second-order valence-corrected chi connectivity index (χ2v) is 6.20. The second-order valence-electron chi connectivity index (χ2n) is 5.42. The van der Waals surface area contributed by atoms with E-state index in [1.807, 2.05) is 6.07 Å². The Morgan fingerprint density at radius 1 is 1.43 bits per heavy atom. The van der Waals surface area contributed by atoms with Crippen LogP contribution in [0.5, 0.6) is 11.5 Å². The Morgan fingerprint density at radius 3 is 2.96 bits per heavy atom. The molecule has 0 saturated carbocycles. The van der Waals surface area contributed by atoms with Gasteiger partial charge in [0, 0.05) is 31.7 Å². The molecule has 0 saturated heterocycles. The number of hydrogen-bond donors (Lipinski definition) is 3. The van der Waals surface area contributed by atoms with Gasteiger partial charge in [-0.15, -0.1) is 0 Å². The van der Waals surface area contributed by atoms with Gasteiger partial charge in [0.1, 0.15) is 0 Å². The summed E-state index contributed by atoms with van der Waals surface area (Å²) in [5.74, 6) is 0.276. The van der Waals surface area contributed by atoms with Gasteiger partial charge in [-0.2, -0.15) is 0 Å². The van der Waals surface area contributed by atoms with E-state index in [4.69, 9.17) is 28.6 Å². The van der Waals surface area contributed by atoms with Crippen molar-refractivity contribution in [1.29, 1.82) is 0 Å². The lowest BCUT2D eigenvalue weighted by Gasteiger charge is -2.28. The molecule has 2 heterocycles. The van der Waals surface area contributed by atoms with Gasteiger partial charge in [-0.05, 0) is 23.8 Å². The van der Waals surface area contributed by atoms with E-state index >= 15 is 0 Å². The minimum Gasteiger partial charge on any atom is -0.503 e. The van der Waals surface area contributed by atoms with Crippen LogP contribution < -0.4 is 10.3 Å². The fraction of sp³-hybridized carbons (Fsp3) is 0.333. The zero-order valence-corrected chi connectivity index (χ0v) is 14.1. The Hall–Kier alpha value is -1.83. The van der Waals surface area contributed by atoms with Crippen LogP contribution in [-0.4, -0.2) is 33.6 Å². The van der Waals surface area contributed by atoms with E-state index in [-0.39, 0.29) is 16.3 Å². The Labute approximate surface area is 142 Å². The molecule has 3 rings (SSSR count). The molecule has 122 valence electrons. The smallest absolute Gasteiger partial charge is 0.256 e. The number of halogens is 1. The maximum Gasteiger partial charge on any atom is 0.256 e. The van der Waals surface area contributed by atoms with E-state index in [1.165, 1.54) is 7.11 Å². The third-order valence-electron chi connectivity index (χ3n) is 3.96. The van der Waals surface area contributed by atoms with Crippen LogP contribution in [-0.2, 0) is 19.5 Å². The predicted octanol–water partition coefficient (Wildman–Crippen LogP) is 2.36. The topological polar surface area (TPSA) is 81.3 Å². The number of aromatic nitrogens is 2. The number of aromatic hydroxyl groups is 1. The molecule has 2 aromatic rings. The van der Waals surface area contributed by atoms with Crippen LogP contribution in [0.25, 0.3) is 0 Å². The first kappa shape index (κ1) is 16.0. The number of phenols is 1. The molecular weight excluding hydrogens is 338 g/mol. The molecule has 0 bridgehead atoms. The molecule has 0 atom stereocenters. The van der Waals surface area contributed by atoms with Crippen molar-refractivity contribution in [2.24, 2.45) is 0 Å². The lowest BCUT2D eigenvalue weighted by Crippen LogP contribution is -2.35. The van der Waals surface area contributed by atoms with Crippen molar-refractivity contribution in [3.05, 3.63) is 49.1 Å². The molecular formula is C15H16ClN3O3S. The maximum atomic E-state index is 12.0. The number of H-pyrrole nitrogens is 2. The lowest BCUT2D eigenvalue weighted by molar-refractivity contribution is 0.241. The third-order valence-corrected chi connectivity index (χ3v) is 4.59. The van der Waals surface area contributed by atoms with Crippen molar-refractivity contribution >= 4 is 23.8 Å². The van der Waals surface area contributed by atoms with Crippen molar-refractivity contribution in [2.45, 2.75) is 19.5 Å². The van der Waals surface area contributed by atoms with Gasteiger partial charge in [0.25, 0.3) is 5.56 Å². The van der Waals surface area contributed by atoms with E-state index in [0.717, 1.165) is 17.8 Å². The highest BCUT2D eigenvalue weighted by Gasteiger charge is 2.21. The molecule has 6 nitrogen and oxygen atoms in total. The van der Waals surface area contributed by atoms with E-state index in [1.54, 1.807) is 6.07 Å². The number of aromatic amines is 2. The number of nitrogens with zero attached hydrogens (tertiary/aromatic N) is 1. The van der Waals surface area contributed by atoms with Gasteiger partial charge in [0.15, 0.2) is 16.3 Å². The average Bonchev–Trinajstić information content (AvgIpc) is 2.52. The van der Waals surface area contributed by atoms with Crippen LogP contribution in [0.2, 0.25) is 5.02 Å². The molecule has 0 amide bonds. The van der Waals surface area contributed by atoms with E-state index < -0.39 is 0 Å². The Morgan fingerprint density at radius 2 is 2.22 bits per heavy atom. The summed E-state index contributed by atoms with van der Waals surface area (Å²) in [4.78, 5) is 19.8. The van der Waals surface area contributed by atoms with Crippen LogP contribution in [0.15, 0.2) is 16.9 Å². The number of benzene rings is 1. The zero-order chi connectivity index (χ0) is 16.6. The van der Waals surface area contributed by atoms with Gasteiger partial charge >= 0.3 is 0 Å². The highest BCUT2D eigenvalue weighted by molar-refractivity contribution is 7.71. The molecule has 0 aliphatic carbocycles. The number of rotatable bonds is 3. The molecule has 1 aromatic heterocycles. The van der Waals surface area contributed by atoms with Crippen LogP contribution in [0.1, 0.15) is 16.8 Å². The van der Waals surface area contributed by atoms with Gasteiger partial charge < -0.3 is 14.8 Å². The molecule has 23 heavy (non-hydrogen) atoms. The summed E-state index contributed by atoms with van der Waals surface area (Å²) in [5, 5.41) is 10.3. The van der Waals surface area contributed by atoms with Crippen molar-refractivity contribution in [2.75, 3.05) is 13.7 Å². The van der Waals surface area contributed by atoms with Crippen LogP contribution in [0, 0.1) is 4.77 Å². The van der Waals surface area contributed by atoms with Crippen molar-refractivity contribution in [3.8, 4) is 11.5 Å². The Balaban J connectivity index is 1.84. The molecule has 0 radical (unpaired) electrons. The molecule has 1 aliphatic rings. The highest BCUT2D eigenvalue weighted by atomic mass is 35.5. The molecule has 0 spiro atoms. The predicted molar refractivity (Wildman–Crippen MR) is 89.7 cm³/mol. The number of phenolic OH excluding ortho intramolecular Hbond substituents is 1. The van der Waals surface area contributed by atoms with E-state index in [0.29, 0.717) is 35.6 Å². The van der Waals surface area contributed by atoms with Gasteiger partial charge in [-0.25, -0.2) is 0 Å². The Kier molecular flexibility index (Phi) is 4.43. The number of methoxy groups -OCH3 is 1. The standard InChI is InChI=1S/C15H16ClN3O3S/c1-22-11-3-2-8(12(16)13(11)20)6-19-5-4-10-9(7-19)14(21)18-15(23)17-10/h2-3,20H,4-7H2,1H3,(H2,17,18,21,23). The quantitative estimate of drug-likeness (QED) is 0.738.